The van der Waals surface area contributed by atoms with Crippen LogP contribution in [0.25, 0.3) is 11.5 Å². The van der Waals surface area contributed by atoms with Gasteiger partial charge in [0.05, 0.1) is 19.4 Å². The van der Waals surface area contributed by atoms with E-state index in [2.05, 4.69) is 4.98 Å². The second-order valence-corrected chi connectivity index (χ2v) is 3.89. The van der Waals surface area contributed by atoms with Crippen molar-refractivity contribution in [3.8, 4) is 17.2 Å². The van der Waals surface area contributed by atoms with Crippen LogP contribution in [0.4, 0.5) is 0 Å². The minimum Gasteiger partial charge on any atom is -0.497 e. The SMILES string of the molecule is COc1cccc(-c2nc(C(C)CO)co2)c1. The van der Waals surface area contributed by atoms with Crippen molar-refractivity contribution in [2.45, 2.75) is 12.8 Å². The van der Waals surface area contributed by atoms with Crippen LogP contribution in [0, 0.1) is 0 Å². The lowest BCUT2D eigenvalue weighted by molar-refractivity contribution is 0.271. The van der Waals surface area contributed by atoms with Crippen molar-refractivity contribution in [2.24, 2.45) is 0 Å². The van der Waals surface area contributed by atoms with E-state index in [1.165, 1.54) is 0 Å². The number of aromatic nitrogens is 1. The Morgan fingerprint density at radius 1 is 1.47 bits per heavy atom. The fourth-order valence-corrected chi connectivity index (χ4v) is 1.49. The molecule has 0 bridgehead atoms. The van der Waals surface area contributed by atoms with Gasteiger partial charge in [-0.15, -0.1) is 0 Å². The van der Waals surface area contributed by atoms with Gasteiger partial charge < -0.3 is 14.3 Å². The Balaban J connectivity index is 2.30. The summed E-state index contributed by atoms with van der Waals surface area (Å²) in [6, 6.07) is 7.51. The molecule has 17 heavy (non-hydrogen) atoms. The summed E-state index contributed by atoms with van der Waals surface area (Å²) in [6.07, 6.45) is 1.58. The highest BCUT2D eigenvalue weighted by Crippen LogP contribution is 2.25. The Morgan fingerprint density at radius 2 is 2.29 bits per heavy atom. The number of aliphatic hydroxyl groups excluding tert-OH is 1. The molecule has 90 valence electrons. The zero-order valence-corrected chi connectivity index (χ0v) is 9.88. The molecule has 2 rings (SSSR count). The molecule has 0 amide bonds. The fraction of sp³-hybridized carbons (Fsp3) is 0.308. The average Bonchev–Trinajstić information content (AvgIpc) is 2.87. The molecule has 0 aliphatic heterocycles. The van der Waals surface area contributed by atoms with Crippen LogP contribution in [0.1, 0.15) is 18.5 Å². The summed E-state index contributed by atoms with van der Waals surface area (Å²) in [7, 11) is 1.62. The molecule has 0 aliphatic carbocycles. The molecule has 1 heterocycles. The van der Waals surface area contributed by atoms with E-state index in [9.17, 15) is 0 Å². The highest BCUT2D eigenvalue weighted by molar-refractivity contribution is 5.56. The average molecular weight is 233 g/mol. The fourth-order valence-electron chi connectivity index (χ4n) is 1.49. The molecule has 0 aliphatic rings. The van der Waals surface area contributed by atoms with E-state index < -0.39 is 0 Å². The van der Waals surface area contributed by atoms with Gasteiger partial charge in [-0.2, -0.15) is 0 Å². The quantitative estimate of drug-likeness (QED) is 0.881. The number of hydrogen-bond acceptors (Lipinski definition) is 4. The van der Waals surface area contributed by atoms with Crippen LogP contribution in [0.2, 0.25) is 0 Å². The van der Waals surface area contributed by atoms with Crippen molar-refractivity contribution < 1.29 is 14.3 Å². The van der Waals surface area contributed by atoms with Crippen molar-refractivity contribution in [2.75, 3.05) is 13.7 Å². The van der Waals surface area contributed by atoms with Crippen molar-refractivity contribution >= 4 is 0 Å². The van der Waals surface area contributed by atoms with E-state index >= 15 is 0 Å². The minimum absolute atomic E-state index is 0.0156. The molecule has 1 aromatic heterocycles. The Kier molecular flexibility index (Phi) is 3.44. The molecule has 2 aromatic rings. The minimum atomic E-state index is -0.0156. The Bertz CT molecular complexity index is 493. The molecule has 4 heteroatoms. The number of hydrogen-bond donors (Lipinski definition) is 1. The lowest BCUT2D eigenvalue weighted by atomic mass is 10.1. The van der Waals surface area contributed by atoms with Crippen molar-refractivity contribution in [1.82, 2.24) is 4.98 Å². The maximum absolute atomic E-state index is 9.05. The number of methoxy groups -OCH3 is 1. The Hall–Kier alpha value is -1.81. The van der Waals surface area contributed by atoms with E-state index in [0.717, 1.165) is 17.0 Å². The predicted molar refractivity (Wildman–Crippen MR) is 64.0 cm³/mol. The topological polar surface area (TPSA) is 55.5 Å². The maximum Gasteiger partial charge on any atom is 0.226 e. The second kappa shape index (κ2) is 5.01. The molecule has 4 nitrogen and oxygen atoms in total. The third kappa shape index (κ3) is 2.47. The highest BCUT2D eigenvalue weighted by atomic mass is 16.5. The van der Waals surface area contributed by atoms with Gasteiger partial charge in [0.15, 0.2) is 0 Å². The molecular weight excluding hydrogens is 218 g/mol. The zero-order chi connectivity index (χ0) is 12.3. The smallest absolute Gasteiger partial charge is 0.226 e. The van der Waals surface area contributed by atoms with Gasteiger partial charge in [0, 0.05) is 11.5 Å². The normalized spacial score (nSPS) is 12.4. The summed E-state index contributed by atoms with van der Waals surface area (Å²) in [6.45, 7) is 1.96. The van der Waals surface area contributed by atoms with Crippen molar-refractivity contribution in [3.63, 3.8) is 0 Å². The van der Waals surface area contributed by atoms with E-state index in [-0.39, 0.29) is 12.5 Å². The Morgan fingerprint density at radius 3 is 3.00 bits per heavy atom. The third-order valence-corrected chi connectivity index (χ3v) is 2.62. The second-order valence-electron chi connectivity index (χ2n) is 3.89. The molecule has 1 unspecified atom stereocenters. The first-order chi connectivity index (χ1) is 8.24. The highest BCUT2D eigenvalue weighted by Gasteiger charge is 2.12. The van der Waals surface area contributed by atoms with E-state index in [1.54, 1.807) is 13.4 Å². The van der Waals surface area contributed by atoms with Crippen LogP contribution < -0.4 is 4.74 Å². The van der Waals surface area contributed by atoms with E-state index in [0.29, 0.717) is 5.89 Å². The summed E-state index contributed by atoms with van der Waals surface area (Å²) < 4.78 is 10.5. The Labute approximate surface area is 99.9 Å². The monoisotopic (exact) mass is 233 g/mol. The molecule has 1 N–H and O–H groups in total. The summed E-state index contributed by atoms with van der Waals surface area (Å²) in [5, 5.41) is 9.05. The maximum atomic E-state index is 9.05. The predicted octanol–water partition coefficient (Wildman–Crippen LogP) is 2.45. The van der Waals surface area contributed by atoms with Gasteiger partial charge in [-0.1, -0.05) is 13.0 Å². The molecule has 1 atom stereocenters. The number of aliphatic hydroxyl groups is 1. The van der Waals surface area contributed by atoms with E-state index in [1.807, 2.05) is 31.2 Å². The number of oxazole rings is 1. The number of rotatable bonds is 4. The number of nitrogens with zero attached hydrogens (tertiary/aromatic N) is 1. The van der Waals surface area contributed by atoms with Gasteiger partial charge in [-0.25, -0.2) is 4.98 Å². The van der Waals surface area contributed by atoms with Crippen LogP contribution in [0.5, 0.6) is 5.75 Å². The lowest BCUT2D eigenvalue weighted by Gasteiger charge is -2.01. The molecule has 0 saturated carbocycles. The molecule has 0 saturated heterocycles. The first kappa shape index (κ1) is 11.7. The molecular formula is C13H15NO3. The summed E-state index contributed by atoms with van der Waals surface area (Å²) >= 11 is 0. The molecule has 0 spiro atoms. The first-order valence-electron chi connectivity index (χ1n) is 5.45. The largest absolute Gasteiger partial charge is 0.497 e. The molecule has 0 fully saturated rings. The van der Waals surface area contributed by atoms with E-state index in [4.69, 9.17) is 14.3 Å². The van der Waals surface area contributed by atoms with Crippen LogP contribution in [0.3, 0.4) is 0 Å². The van der Waals surface area contributed by atoms with Gasteiger partial charge in [-0.05, 0) is 18.2 Å². The number of benzene rings is 1. The molecule has 1 aromatic carbocycles. The van der Waals surface area contributed by atoms with Gasteiger partial charge in [0.1, 0.15) is 12.0 Å². The van der Waals surface area contributed by atoms with Crippen LogP contribution >= 0.6 is 0 Å². The van der Waals surface area contributed by atoms with Crippen LogP contribution in [0.15, 0.2) is 34.9 Å². The summed E-state index contributed by atoms with van der Waals surface area (Å²) in [4.78, 5) is 4.34. The zero-order valence-electron chi connectivity index (χ0n) is 9.88. The van der Waals surface area contributed by atoms with Gasteiger partial charge >= 0.3 is 0 Å². The first-order valence-corrected chi connectivity index (χ1v) is 5.45. The summed E-state index contributed by atoms with van der Waals surface area (Å²) in [5.41, 5.74) is 1.62. The molecule has 0 radical (unpaired) electrons. The van der Waals surface area contributed by atoms with Crippen LogP contribution in [-0.2, 0) is 0 Å². The van der Waals surface area contributed by atoms with Crippen molar-refractivity contribution in [1.29, 1.82) is 0 Å². The van der Waals surface area contributed by atoms with Gasteiger partial charge in [0.2, 0.25) is 5.89 Å². The van der Waals surface area contributed by atoms with Gasteiger partial charge in [0.25, 0.3) is 0 Å². The summed E-state index contributed by atoms with van der Waals surface area (Å²) in [5.74, 6) is 1.29. The standard InChI is InChI=1S/C13H15NO3/c1-9(7-15)12-8-17-13(14-12)10-4-3-5-11(6-10)16-2/h3-6,8-9,15H,7H2,1-2H3. The third-order valence-electron chi connectivity index (χ3n) is 2.62. The van der Waals surface area contributed by atoms with Crippen LogP contribution in [-0.4, -0.2) is 23.8 Å². The number of ether oxygens (including phenoxy) is 1. The van der Waals surface area contributed by atoms with Gasteiger partial charge in [-0.3, -0.25) is 0 Å². The van der Waals surface area contributed by atoms with Crippen molar-refractivity contribution in [3.05, 3.63) is 36.2 Å². The lowest BCUT2D eigenvalue weighted by Crippen LogP contribution is -1.98.